The van der Waals surface area contributed by atoms with Gasteiger partial charge in [-0.15, -0.1) is 0 Å². The minimum absolute atomic E-state index is 1.23. The van der Waals surface area contributed by atoms with E-state index in [2.05, 4.69) is 414 Å². The average Bonchev–Trinajstić information content (AvgIpc) is 0.740. The molecule has 0 fully saturated rings. The molecule has 20 rings (SSSR count). The minimum Gasteiger partial charge on any atom is -0.0622 e. The predicted octanol–water partition coefficient (Wildman–Crippen LogP) is 29.4. The van der Waals surface area contributed by atoms with Crippen LogP contribution in [0.15, 0.2) is 400 Å². The van der Waals surface area contributed by atoms with E-state index in [0.717, 1.165) is 0 Å². The molecule has 0 saturated carbocycles. The van der Waals surface area contributed by atoms with Gasteiger partial charge in [-0.25, -0.2) is 0 Å². The first-order valence-corrected chi connectivity index (χ1v) is 36.1. The number of benzene rings is 20. The van der Waals surface area contributed by atoms with Gasteiger partial charge in [0.2, 0.25) is 0 Å². The molecule has 0 radical (unpaired) electrons. The maximum Gasteiger partial charge on any atom is -0.00261 e. The SMILES string of the molecule is Cc1ccc(-c2c3ccccc3c(-c3ccc(C)cc3)c3cc4ccccc4cc23)cc1.c1ccc(-c2c3ccccc3c(-c3ccccc3)c3cc4ccccc4cc23)cc1.c1ccc(-c2ccc(-c3c4ccccc4c(-c4ccc(-c5ccccc5)cc4)c4cc5ccccc5cc34)cc2)cc1. The summed E-state index contributed by atoms with van der Waals surface area (Å²) in [6.07, 6.45) is 0. The quantitative estimate of drug-likeness (QED) is 0.133. The van der Waals surface area contributed by atoms with E-state index in [1.165, 1.54) is 197 Å². The summed E-state index contributed by atoms with van der Waals surface area (Å²) in [5.41, 5.74) is 22.8. The highest BCUT2D eigenvalue weighted by Crippen LogP contribution is 2.49. The molecule has 0 atom stereocenters. The lowest BCUT2D eigenvalue weighted by Gasteiger charge is -2.19. The van der Waals surface area contributed by atoms with Crippen LogP contribution in [0.4, 0.5) is 0 Å². The van der Waals surface area contributed by atoms with Crippen LogP contribution < -0.4 is 0 Å². The third-order valence-electron chi connectivity index (χ3n) is 21.0. The summed E-state index contributed by atoms with van der Waals surface area (Å²) in [6.45, 7) is 4.29. The van der Waals surface area contributed by atoms with Gasteiger partial charge in [-0.05, 0) is 236 Å². The number of hydrogen-bond acceptors (Lipinski definition) is 0. The van der Waals surface area contributed by atoms with Crippen LogP contribution in [0.2, 0.25) is 0 Å². The van der Waals surface area contributed by atoms with Crippen molar-refractivity contribution < 1.29 is 0 Å². The van der Waals surface area contributed by atoms with Gasteiger partial charge in [0.1, 0.15) is 0 Å². The molecule has 20 aromatic carbocycles. The fourth-order valence-electron chi connectivity index (χ4n) is 16.0. The standard InChI is InChI=1S/C42H28.C32H24.C30H20/c1-3-11-29(12-4-1)31-19-23-33(24-20-31)41-37-17-9-10-18-38(37)42(40-28-36-16-8-7-15-35(36)27-39(40)41)34-25-21-32(22-26-34)30-13-5-2-6-14-30;1-21-11-15-23(16-12-21)31-27-9-5-6-10-28(27)32(24-17-13-22(2)14-18-24)30-20-26-8-4-3-7-25(26)19-29(30)31;1-3-11-21(12-4-1)29-25-17-9-10-18-26(25)30(22-13-5-2-6-14-22)28-20-24-16-8-7-15-23(24)19-27(28)29/h1-28H;3-20H,1-2H3;1-20H. The van der Waals surface area contributed by atoms with Gasteiger partial charge in [0.05, 0.1) is 0 Å². The van der Waals surface area contributed by atoms with Crippen molar-refractivity contribution in [2.45, 2.75) is 13.8 Å². The normalized spacial score (nSPS) is 11.4. The molecule has 0 aliphatic rings. The Kier molecular flexibility index (Phi) is 16.6. The van der Waals surface area contributed by atoms with Crippen LogP contribution in [-0.2, 0) is 0 Å². The molecule has 0 aliphatic heterocycles. The van der Waals surface area contributed by atoms with Gasteiger partial charge in [0.25, 0.3) is 0 Å². The van der Waals surface area contributed by atoms with Crippen molar-refractivity contribution in [3.63, 3.8) is 0 Å². The second-order valence-corrected chi connectivity index (χ2v) is 27.5. The number of aryl methyl sites for hydroxylation is 2. The fourth-order valence-corrected chi connectivity index (χ4v) is 16.0. The minimum atomic E-state index is 1.23. The number of rotatable bonds is 8. The Balaban J connectivity index is 0.000000113. The van der Waals surface area contributed by atoms with Crippen molar-refractivity contribution in [2.75, 3.05) is 0 Å². The molecule has 104 heavy (non-hydrogen) atoms. The number of hydrogen-bond donors (Lipinski definition) is 0. The van der Waals surface area contributed by atoms with E-state index in [4.69, 9.17) is 0 Å². The zero-order chi connectivity index (χ0) is 69.5. The van der Waals surface area contributed by atoms with Crippen molar-refractivity contribution in [3.8, 4) is 89.0 Å². The van der Waals surface area contributed by atoms with Gasteiger partial charge in [0.15, 0.2) is 0 Å². The van der Waals surface area contributed by atoms with Crippen molar-refractivity contribution >= 4 is 97.0 Å². The smallest absolute Gasteiger partial charge is 0.00261 e. The average molecular weight is 1320 g/mol. The summed E-state index contributed by atoms with van der Waals surface area (Å²) in [5, 5.41) is 23.1. The van der Waals surface area contributed by atoms with E-state index >= 15 is 0 Å². The molecule has 20 aromatic rings. The molecule has 0 unspecified atom stereocenters. The van der Waals surface area contributed by atoms with E-state index in [9.17, 15) is 0 Å². The highest BCUT2D eigenvalue weighted by Gasteiger charge is 2.22. The predicted molar refractivity (Wildman–Crippen MR) is 450 cm³/mol. The van der Waals surface area contributed by atoms with E-state index in [1.54, 1.807) is 0 Å². The maximum absolute atomic E-state index is 2.39. The highest BCUT2D eigenvalue weighted by molar-refractivity contribution is 6.27. The highest BCUT2D eigenvalue weighted by atomic mass is 14.2. The third kappa shape index (κ3) is 11.8. The first-order chi connectivity index (χ1) is 51.4. The summed E-state index contributed by atoms with van der Waals surface area (Å²) >= 11 is 0. The summed E-state index contributed by atoms with van der Waals surface area (Å²) in [6, 6.07) is 146. The molecular formula is C104H72. The Hall–Kier alpha value is -13.3. The lowest BCUT2D eigenvalue weighted by atomic mass is 9.84. The van der Waals surface area contributed by atoms with Crippen LogP contribution in [0.1, 0.15) is 11.1 Å². The van der Waals surface area contributed by atoms with Crippen molar-refractivity contribution in [3.05, 3.63) is 412 Å². The van der Waals surface area contributed by atoms with E-state index < -0.39 is 0 Å². The van der Waals surface area contributed by atoms with Crippen molar-refractivity contribution in [1.29, 1.82) is 0 Å². The number of fused-ring (bicyclic) bond motifs is 9. The molecule has 0 N–H and O–H groups in total. The second kappa shape index (κ2) is 27.4. The van der Waals surface area contributed by atoms with E-state index in [0.29, 0.717) is 0 Å². The van der Waals surface area contributed by atoms with E-state index in [1.807, 2.05) is 0 Å². The van der Waals surface area contributed by atoms with Gasteiger partial charge >= 0.3 is 0 Å². The van der Waals surface area contributed by atoms with Crippen LogP contribution in [0.3, 0.4) is 0 Å². The van der Waals surface area contributed by atoms with Crippen molar-refractivity contribution in [1.82, 2.24) is 0 Å². The van der Waals surface area contributed by atoms with Crippen LogP contribution in [0, 0.1) is 13.8 Å². The molecule has 0 spiro atoms. The molecule has 0 nitrogen and oxygen atoms in total. The summed E-state index contributed by atoms with van der Waals surface area (Å²) in [7, 11) is 0. The first-order valence-electron chi connectivity index (χ1n) is 36.1. The summed E-state index contributed by atoms with van der Waals surface area (Å²) in [4.78, 5) is 0. The Labute approximate surface area is 607 Å². The van der Waals surface area contributed by atoms with Gasteiger partial charge < -0.3 is 0 Å². The monoisotopic (exact) mass is 1320 g/mol. The third-order valence-corrected chi connectivity index (χ3v) is 21.0. The molecule has 0 amide bonds. The lowest BCUT2D eigenvalue weighted by Crippen LogP contribution is -1.92. The Morgan fingerprint density at radius 2 is 0.260 bits per heavy atom. The molecule has 0 heteroatoms. The lowest BCUT2D eigenvalue weighted by molar-refractivity contribution is 1.47. The Bertz CT molecular complexity index is 6180. The van der Waals surface area contributed by atoms with Crippen LogP contribution in [0.25, 0.3) is 186 Å². The maximum atomic E-state index is 2.39. The molecule has 0 bridgehead atoms. The zero-order valence-electron chi connectivity index (χ0n) is 58.1. The Morgan fingerprint density at radius 1 is 0.115 bits per heavy atom. The summed E-state index contributed by atoms with van der Waals surface area (Å²) < 4.78 is 0. The summed E-state index contributed by atoms with van der Waals surface area (Å²) in [5.74, 6) is 0. The molecule has 0 heterocycles. The van der Waals surface area contributed by atoms with Gasteiger partial charge in [-0.1, -0.05) is 375 Å². The van der Waals surface area contributed by atoms with Crippen LogP contribution in [0.5, 0.6) is 0 Å². The second-order valence-electron chi connectivity index (χ2n) is 27.5. The van der Waals surface area contributed by atoms with E-state index in [-0.39, 0.29) is 0 Å². The molecule has 0 aromatic heterocycles. The molecule has 0 saturated heterocycles. The van der Waals surface area contributed by atoms with Gasteiger partial charge in [-0.3, -0.25) is 0 Å². The molecule has 0 aliphatic carbocycles. The van der Waals surface area contributed by atoms with Crippen LogP contribution in [-0.4, -0.2) is 0 Å². The van der Waals surface area contributed by atoms with Gasteiger partial charge in [0, 0.05) is 0 Å². The topological polar surface area (TPSA) is 0 Å². The van der Waals surface area contributed by atoms with Gasteiger partial charge in [-0.2, -0.15) is 0 Å². The Morgan fingerprint density at radius 3 is 0.471 bits per heavy atom. The zero-order valence-corrected chi connectivity index (χ0v) is 58.1. The molecule has 488 valence electrons. The van der Waals surface area contributed by atoms with Crippen LogP contribution >= 0.6 is 0 Å². The molecular weight excluding hydrogens is 1250 g/mol. The van der Waals surface area contributed by atoms with Crippen molar-refractivity contribution in [2.24, 2.45) is 0 Å². The first kappa shape index (κ1) is 63.0. The largest absolute Gasteiger partial charge is 0.0622 e. The fraction of sp³-hybridized carbons (Fsp3) is 0.0192.